The zero-order valence-corrected chi connectivity index (χ0v) is 12.4. The van der Waals surface area contributed by atoms with Crippen LogP contribution in [-0.4, -0.2) is 4.98 Å². The number of nitrogens with zero attached hydrogens (tertiary/aromatic N) is 1. The summed E-state index contributed by atoms with van der Waals surface area (Å²) in [5.41, 5.74) is 8.84. The Labute approximate surface area is 127 Å². The molecule has 3 rings (SSSR count). The first-order valence-corrected chi connectivity index (χ1v) is 7.10. The van der Waals surface area contributed by atoms with Crippen molar-refractivity contribution in [3.63, 3.8) is 0 Å². The Balaban J connectivity index is 1.78. The zero-order valence-electron chi connectivity index (χ0n) is 11.6. The van der Waals surface area contributed by atoms with Crippen molar-refractivity contribution in [3.8, 4) is 5.75 Å². The van der Waals surface area contributed by atoms with Gasteiger partial charge < -0.3 is 14.9 Å². The summed E-state index contributed by atoms with van der Waals surface area (Å²) in [6.07, 6.45) is 0.857. The van der Waals surface area contributed by atoms with Crippen molar-refractivity contribution < 1.29 is 9.15 Å². The number of benzene rings is 2. The summed E-state index contributed by atoms with van der Waals surface area (Å²) in [7, 11) is 0. The number of oxazole rings is 1. The molecule has 0 spiro atoms. The Hall–Kier alpha value is -2.20. The number of aromatic nitrogens is 1. The number of ether oxygens (including phenoxy) is 1. The van der Waals surface area contributed by atoms with E-state index in [0.29, 0.717) is 22.7 Å². The number of hydrogen-bond acceptors (Lipinski definition) is 4. The molecule has 0 aliphatic heterocycles. The first-order valence-electron chi connectivity index (χ1n) is 6.72. The van der Waals surface area contributed by atoms with Gasteiger partial charge in [0.15, 0.2) is 12.2 Å². The van der Waals surface area contributed by atoms with Crippen LogP contribution in [0.4, 0.5) is 5.69 Å². The number of para-hydroxylation sites is 1. The lowest BCUT2D eigenvalue weighted by molar-refractivity contribution is 0.267. The highest BCUT2D eigenvalue weighted by molar-refractivity contribution is 6.31. The van der Waals surface area contributed by atoms with Gasteiger partial charge in [-0.3, -0.25) is 0 Å². The van der Waals surface area contributed by atoms with E-state index in [-0.39, 0.29) is 6.61 Å². The fourth-order valence-electron chi connectivity index (χ4n) is 2.13. The fraction of sp³-hybridized carbons (Fsp3) is 0.188. The summed E-state index contributed by atoms with van der Waals surface area (Å²) in [6, 6.07) is 11.1. The smallest absolute Gasteiger partial charge is 0.233 e. The molecule has 0 atom stereocenters. The van der Waals surface area contributed by atoms with E-state index in [2.05, 4.69) is 11.9 Å². The van der Waals surface area contributed by atoms with E-state index < -0.39 is 0 Å². The van der Waals surface area contributed by atoms with Gasteiger partial charge in [0.05, 0.1) is 5.69 Å². The van der Waals surface area contributed by atoms with Crippen LogP contribution >= 0.6 is 11.6 Å². The SMILES string of the molecule is CCc1cc(OCc2nc3c(N)cccc3o2)ccc1Cl. The molecule has 0 aliphatic carbocycles. The van der Waals surface area contributed by atoms with Gasteiger partial charge in [-0.25, -0.2) is 4.98 Å². The number of anilines is 1. The van der Waals surface area contributed by atoms with Crippen LogP contribution in [-0.2, 0) is 13.0 Å². The minimum Gasteiger partial charge on any atom is -0.484 e. The molecular formula is C16H15ClN2O2. The van der Waals surface area contributed by atoms with Crippen LogP contribution in [0, 0.1) is 0 Å². The van der Waals surface area contributed by atoms with E-state index in [9.17, 15) is 0 Å². The maximum absolute atomic E-state index is 6.08. The maximum atomic E-state index is 6.08. The summed E-state index contributed by atoms with van der Waals surface area (Å²) in [4.78, 5) is 4.34. The lowest BCUT2D eigenvalue weighted by Gasteiger charge is -2.06. The van der Waals surface area contributed by atoms with E-state index in [4.69, 9.17) is 26.5 Å². The van der Waals surface area contributed by atoms with Crippen LogP contribution in [0.25, 0.3) is 11.1 Å². The predicted octanol–water partition coefficient (Wildman–Crippen LogP) is 4.20. The van der Waals surface area contributed by atoms with Crippen LogP contribution < -0.4 is 10.5 Å². The molecular weight excluding hydrogens is 288 g/mol. The van der Waals surface area contributed by atoms with E-state index >= 15 is 0 Å². The zero-order chi connectivity index (χ0) is 14.8. The van der Waals surface area contributed by atoms with Crippen LogP contribution in [0.15, 0.2) is 40.8 Å². The van der Waals surface area contributed by atoms with E-state index in [1.54, 1.807) is 6.07 Å². The van der Waals surface area contributed by atoms with Crippen molar-refractivity contribution in [1.82, 2.24) is 4.98 Å². The molecule has 0 bridgehead atoms. The Kier molecular flexibility index (Phi) is 3.71. The van der Waals surface area contributed by atoms with Gasteiger partial charge in [0.25, 0.3) is 0 Å². The van der Waals surface area contributed by atoms with E-state index in [1.807, 2.05) is 30.3 Å². The lowest BCUT2D eigenvalue weighted by Crippen LogP contribution is -1.96. The molecule has 0 unspecified atom stereocenters. The molecule has 0 aliphatic rings. The van der Waals surface area contributed by atoms with E-state index in [1.165, 1.54) is 0 Å². The predicted molar refractivity (Wildman–Crippen MR) is 83.6 cm³/mol. The number of nitrogens with two attached hydrogens (primary N) is 1. The van der Waals surface area contributed by atoms with Gasteiger partial charge in [-0.2, -0.15) is 0 Å². The normalized spacial score (nSPS) is 11.0. The molecule has 0 amide bonds. The molecule has 3 aromatic rings. The number of aryl methyl sites for hydroxylation is 1. The molecule has 1 aromatic heterocycles. The van der Waals surface area contributed by atoms with Gasteiger partial charge in [0.1, 0.15) is 11.3 Å². The fourth-order valence-corrected chi connectivity index (χ4v) is 2.39. The molecule has 0 saturated carbocycles. The highest BCUT2D eigenvalue weighted by atomic mass is 35.5. The van der Waals surface area contributed by atoms with Gasteiger partial charge in [0, 0.05) is 5.02 Å². The van der Waals surface area contributed by atoms with Crippen LogP contribution in [0.3, 0.4) is 0 Å². The summed E-state index contributed by atoms with van der Waals surface area (Å²) in [6.45, 7) is 2.30. The molecule has 1 heterocycles. The Bertz CT molecular complexity index is 783. The quantitative estimate of drug-likeness (QED) is 0.734. The number of halogens is 1. The summed E-state index contributed by atoms with van der Waals surface area (Å²) in [5, 5.41) is 0.750. The van der Waals surface area contributed by atoms with Gasteiger partial charge in [-0.1, -0.05) is 24.6 Å². The lowest BCUT2D eigenvalue weighted by atomic mass is 10.1. The average molecular weight is 303 g/mol. The van der Waals surface area contributed by atoms with Crippen molar-refractivity contribution in [1.29, 1.82) is 0 Å². The molecule has 4 nitrogen and oxygen atoms in total. The summed E-state index contributed by atoms with van der Waals surface area (Å²) >= 11 is 6.08. The first kappa shape index (κ1) is 13.8. The molecule has 2 N–H and O–H groups in total. The van der Waals surface area contributed by atoms with Crippen molar-refractivity contribution in [2.24, 2.45) is 0 Å². The third-order valence-corrected chi connectivity index (χ3v) is 3.62. The molecule has 2 aromatic carbocycles. The molecule has 5 heteroatoms. The number of hydrogen-bond donors (Lipinski definition) is 1. The van der Waals surface area contributed by atoms with Crippen molar-refractivity contribution in [2.45, 2.75) is 20.0 Å². The highest BCUT2D eigenvalue weighted by Gasteiger charge is 2.09. The summed E-state index contributed by atoms with van der Waals surface area (Å²) in [5.74, 6) is 1.24. The van der Waals surface area contributed by atoms with Gasteiger partial charge >= 0.3 is 0 Å². The largest absolute Gasteiger partial charge is 0.484 e. The molecule has 0 radical (unpaired) electrons. The third-order valence-electron chi connectivity index (χ3n) is 3.25. The van der Waals surface area contributed by atoms with Crippen LogP contribution in [0.1, 0.15) is 18.4 Å². The second-order valence-electron chi connectivity index (χ2n) is 4.70. The number of fused-ring (bicyclic) bond motifs is 1. The maximum Gasteiger partial charge on any atom is 0.233 e. The molecule has 0 saturated heterocycles. The molecule has 0 fully saturated rings. The topological polar surface area (TPSA) is 61.3 Å². The van der Waals surface area contributed by atoms with Gasteiger partial charge in [-0.15, -0.1) is 0 Å². The van der Waals surface area contributed by atoms with Gasteiger partial charge in [0.2, 0.25) is 5.89 Å². The van der Waals surface area contributed by atoms with Crippen molar-refractivity contribution in [2.75, 3.05) is 5.73 Å². The summed E-state index contributed by atoms with van der Waals surface area (Å²) < 4.78 is 11.3. The average Bonchev–Trinajstić information content (AvgIpc) is 2.91. The third kappa shape index (κ3) is 2.81. The van der Waals surface area contributed by atoms with Crippen LogP contribution in [0.2, 0.25) is 5.02 Å². The standard InChI is InChI=1S/C16H15ClN2O2/c1-2-10-8-11(6-7-12(10)17)20-9-15-19-16-13(18)4-3-5-14(16)21-15/h3-8H,2,9,18H2,1H3. The minimum atomic E-state index is 0.249. The minimum absolute atomic E-state index is 0.249. The Morgan fingerprint density at radius 2 is 2.14 bits per heavy atom. The number of nitrogen functional groups attached to an aromatic ring is 1. The Morgan fingerprint density at radius 3 is 2.90 bits per heavy atom. The molecule has 21 heavy (non-hydrogen) atoms. The highest BCUT2D eigenvalue weighted by Crippen LogP contribution is 2.25. The van der Waals surface area contributed by atoms with Gasteiger partial charge in [-0.05, 0) is 42.3 Å². The second kappa shape index (κ2) is 5.66. The van der Waals surface area contributed by atoms with Crippen molar-refractivity contribution >= 4 is 28.4 Å². The van der Waals surface area contributed by atoms with Crippen LogP contribution in [0.5, 0.6) is 5.75 Å². The van der Waals surface area contributed by atoms with Crippen molar-refractivity contribution in [3.05, 3.63) is 52.9 Å². The number of rotatable bonds is 4. The monoisotopic (exact) mass is 302 g/mol. The molecule has 108 valence electrons. The Morgan fingerprint density at radius 1 is 1.29 bits per heavy atom. The second-order valence-corrected chi connectivity index (χ2v) is 5.10. The first-order chi connectivity index (χ1) is 10.2. The van der Waals surface area contributed by atoms with E-state index in [0.717, 1.165) is 22.8 Å².